The van der Waals surface area contributed by atoms with Crippen LogP contribution in [0.1, 0.15) is 11.3 Å². The van der Waals surface area contributed by atoms with Crippen molar-refractivity contribution in [1.29, 1.82) is 0 Å². The van der Waals surface area contributed by atoms with E-state index >= 15 is 0 Å². The number of piperazine rings is 1. The molecule has 0 aliphatic carbocycles. The van der Waals surface area contributed by atoms with E-state index in [-0.39, 0.29) is 26.2 Å². The first-order chi connectivity index (χ1) is 15.4. The quantitative estimate of drug-likeness (QED) is 0.583. The van der Waals surface area contributed by atoms with Crippen LogP contribution < -0.4 is 0 Å². The highest BCUT2D eigenvalue weighted by molar-refractivity contribution is 5.68. The Balaban J connectivity index is 1.58. The third-order valence-electron chi connectivity index (χ3n) is 5.18. The molecule has 1 saturated heterocycles. The van der Waals surface area contributed by atoms with Crippen molar-refractivity contribution in [2.45, 2.75) is 31.9 Å². The number of hydrogen-bond donors (Lipinski definition) is 0. The van der Waals surface area contributed by atoms with Crippen molar-refractivity contribution in [2.75, 3.05) is 26.2 Å². The van der Waals surface area contributed by atoms with Gasteiger partial charge >= 0.3 is 18.4 Å². The normalized spacial score (nSPS) is 15.7. The summed E-state index contributed by atoms with van der Waals surface area (Å²) in [4.78, 5) is 19.0. The zero-order valence-electron chi connectivity index (χ0n) is 17.4. The van der Waals surface area contributed by atoms with Crippen LogP contribution in [0.5, 0.6) is 0 Å². The number of carbonyl (C=O) groups excluding carboxylic acids is 1. The highest BCUT2D eigenvalue weighted by atomic mass is 19.4. The minimum absolute atomic E-state index is 0.0962. The maximum Gasteiger partial charge on any atom is 0.434 e. The second-order valence-electron chi connectivity index (χ2n) is 7.53. The van der Waals surface area contributed by atoms with Gasteiger partial charge in [0.15, 0.2) is 0 Å². The fourth-order valence-corrected chi connectivity index (χ4v) is 3.40. The van der Waals surface area contributed by atoms with Gasteiger partial charge in [0.05, 0.1) is 5.69 Å². The number of aromatic nitrogens is 1. The van der Waals surface area contributed by atoms with Gasteiger partial charge in [-0.15, -0.1) is 0 Å². The summed E-state index contributed by atoms with van der Waals surface area (Å²) in [6, 6.07) is 9.65. The summed E-state index contributed by atoms with van der Waals surface area (Å²) in [7, 11) is 0. The topological polar surface area (TPSA) is 45.7 Å². The Kier molecular flexibility index (Phi) is 7.15. The highest BCUT2D eigenvalue weighted by Crippen LogP contribution is 2.36. The van der Waals surface area contributed by atoms with Crippen LogP contribution >= 0.6 is 0 Å². The molecular formula is C21H20F7N3O2. The largest absolute Gasteiger partial charge is 0.434 e. The lowest BCUT2D eigenvalue weighted by Crippen LogP contribution is -2.52. The molecular weight excluding hydrogens is 459 g/mol. The highest BCUT2D eigenvalue weighted by Gasteiger charge is 2.60. The predicted octanol–water partition coefficient (Wildman–Crippen LogP) is 4.94. The fourth-order valence-electron chi connectivity index (χ4n) is 3.40. The molecule has 0 unspecified atom stereocenters. The molecule has 0 bridgehead atoms. The average molecular weight is 479 g/mol. The van der Waals surface area contributed by atoms with E-state index in [9.17, 15) is 35.5 Å². The van der Waals surface area contributed by atoms with Crippen LogP contribution in [0.25, 0.3) is 11.3 Å². The second kappa shape index (κ2) is 9.54. The molecule has 0 radical (unpaired) electrons. The Hall–Kier alpha value is -2.89. The molecule has 1 aromatic carbocycles. The van der Waals surface area contributed by atoms with Crippen molar-refractivity contribution >= 4 is 6.09 Å². The van der Waals surface area contributed by atoms with Gasteiger partial charge in [-0.3, -0.25) is 9.88 Å². The van der Waals surface area contributed by atoms with Gasteiger partial charge in [0.1, 0.15) is 5.82 Å². The zero-order chi connectivity index (χ0) is 24.4. The van der Waals surface area contributed by atoms with Crippen LogP contribution in [-0.2, 0) is 11.3 Å². The minimum atomic E-state index is -5.75. The molecule has 12 heteroatoms. The fraction of sp³-hybridized carbons (Fsp3) is 0.429. The number of amides is 1. The van der Waals surface area contributed by atoms with Crippen molar-refractivity contribution in [3.63, 3.8) is 0 Å². The number of pyridine rings is 1. The standard InChI is InChI=1S/C21H20F7N3O2/c1-13-14(6-7-17(29-13)15-4-2-3-5-16(15)22)12-30-8-10-31(11-9-30)19(32)33-18(20(23,24)25)21(26,27)28/h2-7,18H,8-12H2,1H3. The number of rotatable bonds is 4. The van der Waals surface area contributed by atoms with Crippen molar-refractivity contribution in [1.82, 2.24) is 14.8 Å². The van der Waals surface area contributed by atoms with Crippen LogP contribution in [0, 0.1) is 12.7 Å². The Bertz CT molecular complexity index is 973. The van der Waals surface area contributed by atoms with Gasteiger partial charge < -0.3 is 9.64 Å². The van der Waals surface area contributed by atoms with Crippen molar-refractivity contribution < 1.29 is 40.3 Å². The average Bonchev–Trinajstić information content (AvgIpc) is 2.72. The smallest absolute Gasteiger partial charge is 0.426 e. The van der Waals surface area contributed by atoms with Crippen molar-refractivity contribution in [3.05, 3.63) is 53.5 Å². The van der Waals surface area contributed by atoms with Crippen molar-refractivity contribution in [2.24, 2.45) is 0 Å². The molecule has 2 aromatic rings. The lowest BCUT2D eigenvalue weighted by molar-refractivity contribution is -0.308. The summed E-state index contributed by atoms with van der Waals surface area (Å²) < 4.78 is 93.3. The van der Waals surface area contributed by atoms with Crippen molar-refractivity contribution in [3.8, 4) is 11.3 Å². The molecule has 33 heavy (non-hydrogen) atoms. The molecule has 1 aliphatic heterocycles. The SMILES string of the molecule is Cc1nc(-c2ccccc2F)ccc1CN1CCN(C(=O)OC(C(F)(F)F)C(F)(F)F)CC1. The maximum atomic E-state index is 14.0. The van der Waals surface area contributed by atoms with E-state index in [1.54, 1.807) is 37.3 Å². The maximum absolute atomic E-state index is 14.0. The first kappa shape index (κ1) is 24.7. The van der Waals surface area contributed by atoms with Crippen LogP contribution in [0.3, 0.4) is 0 Å². The van der Waals surface area contributed by atoms with Gasteiger partial charge in [0.2, 0.25) is 0 Å². The van der Waals surface area contributed by atoms with E-state index in [0.29, 0.717) is 23.5 Å². The molecule has 5 nitrogen and oxygen atoms in total. The molecule has 2 heterocycles. The van der Waals surface area contributed by atoms with Crippen LogP contribution in [-0.4, -0.2) is 65.5 Å². The Morgan fingerprint density at radius 1 is 1.00 bits per heavy atom. The summed E-state index contributed by atoms with van der Waals surface area (Å²) in [6.07, 6.45) is -17.3. The Morgan fingerprint density at radius 3 is 2.15 bits per heavy atom. The molecule has 1 fully saturated rings. The minimum Gasteiger partial charge on any atom is -0.426 e. The summed E-state index contributed by atoms with van der Waals surface area (Å²) in [6.45, 7) is 2.38. The first-order valence-corrected chi connectivity index (χ1v) is 9.89. The monoisotopic (exact) mass is 479 g/mol. The van der Waals surface area contributed by atoms with E-state index < -0.39 is 30.4 Å². The predicted molar refractivity (Wildman–Crippen MR) is 104 cm³/mol. The molecule has 0 spiro atoms. The number of benzene rings is 1. The molecule has 3 rings (SSSR count). The molecule has 0 atom stereocenters. The Morgan fingerprint density at radius 2 is 1.61 bits per heavy atom. The molecule has 180 valence electrons. The summed E-state index contributed by atoms with van der Waals surface area (Å²) in [5.74, 6) is -0.404. The number of alkyl halides is 6. The number of halogens is 7. The van der Waals surface area contributed by atoms with Gasteiger partial charge in [0, 0.05) is 44.0 Å². The third-order valence-corrected chi connectivity index (χ3v) is 5.18. The van der Waals surface area contributed by atoms with E-state index in [1.807, 2.05) is 4.90 Å². The molecule has 1 amide bonds. The van der Waals surface area contributed by atoms with E-state index in [2.05, 4.69) is 9.72 Å². The van der Waals surface area contributed by atoms with E-state index in [1.165, 1.54) is 6.07 Å². The number of nitrogens with zero attached hydrogens (tertiary/aromatic N) is 3. The number of hydrogen-bond acceptors (Lipinski definition) is 4. The van der Waals surface area contributed by atoms with Crippen LogP contribution in [0.15, 0.2) is 36.4 Å². The molecule has 0 saturated carbocycles. The Labute approximate surface area is 184 Å². The molecule has 1 aromatic heterocycles. The number of aryl methyl sites for hydroxylation is 1. The zero-order valence-corrected chi connectivity index (χ0v) is 17.4. The van der Waals surface area contributed by atoms with Crippen LogP contribution in [0.4, 0.5) is 35.5 Å². The third kappa shape index (κ3) is 6.12. The van der Waals surface area contributed by atoms with Gasteiger partial charge in [-0.2, -0.15) is 26.3 Å². The summed E-state index contributed by atoms with van der Waals surface area (Å²) >= 11 is 0. The number of ether oxygens (including phenoxy) is 1. The lowest BCUT2D eigenvalue weighted by atomic mass is 10.1. The van der Waals surface area contributed by atoms with Gasteiger partial charge in [-0.25, -0.2) is 9.18 Å². The summed E-state index contributed by atoms with van der Waals surface area (Å²) in [5, 5.41) is 0. The molecule has 1 aliphatic rings. The number of carbonyl (C=O) groups is 1. The van der Waals surface area contributed by atoms with Gasteiger partial charge in [0.25, 0.3) is 6.10 Å². The molecule has 0 N–H and O–H groups in total. The van der Waals surface area contributed by atoms with Gasteiger partial charge in [-0.05, 0) is 30.7 Å². The first-order valence-electron chi connectivity index (χ1n) is 9.89. The van der Waals surface area contributed by atoms with E-state index in [0.717, 1.165) is 10.5 Å². The van der Waals surface area contributed by atoms with Crippen LogP contribution in [0.2, 0.25) is 0 Å². The van der Waals surface area contributed by atoms with E-state index in [4.69, 9.17) is 0 Å². The lowest BCUT2D eigenvalue weighted by Gasteiger charge is -2.35. The summed E-state index contributed by atoms with van der Waals surface area (Å²) in [5.41, 5.74) is 2.29. The van der Waals surface area contributed by atoms with Gasteiger partial charge in [-0.1, -0.05) is 18.2 Å². The second-order valence-corrected chi connectivity index (χ2v) is 7.53.